The first-order valence-electron chi connectivity index (χ1n) is 10.6. The zero-order valence-electron chi connectivity index (χ0n) is 18.1. The fourth-order valence-electron chi connectivity index (χ4n) is 4.02. The standard InChI is InChI=1S/C24H24N4O5/c1-28-20(23(30)31)13-21(27-28)26-22(29)11-6-12-25-24(32)33-14-19-17-9-4-2-7-15(17)16-8-3-5-10-18(16)19/h2-5,7-10,13,19H,6,11-12,14H2,1H3,(H,25,32)(H,30,31)(H,26,27,29). The minimum absolute atomic E-state index is 0.0111. The number of aryl methyl sites for hydroxylation is 1. The number of carbonyl (C=O) groups is 3. The molecule has 0 aliphatic heterocycles. The van der Waals surface area contributed by atoms with E-state index < -0.39 is 12.1 Å². The SMILES string of the molecule is Cn1nc(NC(=O)CCCNC(=O)OCC2c3ccccc3-c3ccccc32)cc1C(=O)O. The summed E-state index contributed by atoms with van der Waals surface area (Å²) in [6, 6.07) is 17.5. The molecule has 33 heavy (non-hydrogen) atoms. The maximum absolute atomic E-state index is 12.2. The average Bonchev–Trinajstić information content (AvgIpc) is 3.33. The molecule has 0 atom stereocenters. The zero-order valence-corrected chi connectivity index (χ0v) is 18.1. The number of carbonyl (C=O) groups excluding carboxylic acids is 2. The van der Waals surface area contributed by atoms with Crippen LogP contribution in [0.4, 0.5) is 10.6 Å². The average molecular weight is 448 g/mol. The smallest absolute Gasteiger partial charge is 0.407 e. The molecule has 0 saturated heterocycles. The molecule has 2 aromatic carbocycles. The summed E-state index contributed by atoms with van der Waals surface area (Å²) in [6.07, 6.45) is 0.00480. The van der Waals surface area contributed by atoms with E-state index in [2.05, 4.69) is 40.0 Å². The third-order valence-electron chi connectivity index (χ3n) is 5.56. The molecular weight excluding hydrogens is 424 g/mol. The quantitative estimate of drug-likeness (QED) is 0.454. The summed E-state index contributed by atoms with van der Waals surface area (Å²) in [5, 5.41) is 18.2. The van der Waals surface area contributed by atoms with Crippen LogP contribution in [0.25, 0.3) is 11.1 Å². The number of ether oxygens (including phenoxy) is 1. The minimum Gasteiger partial charge on any atom is -0.477 e. The highest BCUT2D eigenvalue weighted by molar-refractivity contribution is 5.92. The maximum Gasteiger partial charge on any atom is 0.407 e. The van der Waals surface area contributed by atoms with E-state index in [1.807, 2.05) is 24.3 Å². The number of benzene rings is 2. The van der Waals surface area contributed by atoms with Crippen LogP contribution >= 0.6 is 0 Å². The van der Waals surface area contributed by atoms with Crippen LogP contribution in [0.5, 0.6) is 0 Å². The monoisotopic (exact) mass is 448 g/mol. The van der Waals surface area contributed by atoms with Crippen LogP contribution in [0.1, 0.15) is 40.4 Å². The molecule has 9 nitrogen and oxygen atoms in total. The van der Waals surface area contributed by atoms with Crippen LogP contribution in [0.3, 0.4) is 0 Å². The van der Waals surface area contributed by atoms with Crippen molar-refractivity contribution in [3.63, 3.8) is 0 Å². The summed E-state index contributed by atoms with van der Waals surface area (Å²) in [5.74, 6) is -1.29. The van der Waals surface area contributed by atoms with Crippen molar-refractivity contribution < 1.29 is 24.2 Å². The Balaban J connectivity index is 1.21. The summed E-state index contributed by atoms with van der Waals surface area (Å²) in [6.45, 7) is 0.499. The van der Waals surface area contributed by atoms with Crippen molar-refractivity contribution in [1.29, 1.82) is 0 Å². The highest BCUT2D eigenvalue weighted by atomic mass is 16.5. The Morgan fingerprint density at radius 2 is 1.70 bits per heavy atom. The molecule has 3 N–H and O–H groups in total. The van der Waals surface area contributed by atoms with Gasteiger partial charge < -0.3 is 20.5 Å². The molecule has 9 heteroatoms. The molecular formula is C24H24N4O5. The van der Waals surface area contributed by atoms with Gasteiger partial charge in [-0.05, 0) is 28.7 Å². The van der Waals surface area contributed by atoms with Crippen molar-refractivity contribution in [1.82, 2.24) is 15.1 Å². The molecule has 0 radical (unpaired) electrons. The third-order valence-corrected chi connectivity index (χ3v) is 5.56. The van der Waals surface area contributed by atoms with Gasteiger partial charge in [-0.1, -0.05) is 48.5 Å². The number of hydrogen-bond donors (Lipinski definition) is 3. The van der Waals surface area contributed by atoms with Gasteiger partial charge in [-0.25, -0.2) is 9.59 Å². The highest BCUT2D eigenvalue weighted by Gasteiger charge is 2.28. The number of amides is 2. The summed E-state index contributed by atoms with van der Waals surface area (Å²) >= 11 is 0. The lowest BCUT2D eigenvalue weighted by molar-refractivity contribution is -0.116. The number of aromatic carboxylic acids is 1. The lowest BCUT2D eigenvalue weighted by atomic mass is 9.98. The van der Waals surface area contributed by atoms with Gasteiger partial charge >= 0.3 is 12.1 Å². The van der Waals surface area contributed by atoms with E-state index in [9.17, 15) is 14.4 Å². The van der Waals surface area contributed by atoms with Gasteiger partial charge in [0.25, 0.3) is 0 Å². The molecule has 4 rings (SSSR count). The van der Waals surface area contributed by atoms with Crippen LogP contribution in [-0.2, 0) is 16.6 Å². The Hall–Kier alpha value is -4.14. The number of rotatable bonds is 8. The Kier molecular flexibility index (Phi) is 6.39. The number of hydrogen-bond acceptors (Lipinski definition) is 5. The molecule has 3 aromatic rings. The van der Waals surface area contributed by atoms with Crippen LogP contribution in [0.15, 0.2) is 54.6 Å². The number of aromatic nitrogens is 2. The van der Waals surface area contributed by atoms with E-state index in [0.717, 1.165) is 22.3 Å². The number of nitrogens with one attached hydrogen (secondary N) is 2. The first-order valence-corrected chi connectivity index (χ1v) is 10.6. The molecule has 170 valence electrons. The van der Waals surface area contributed by atoms with Gasteiger partial charge in [0.2, 0.25) is 5.91 Å². The number of fused-ring (bicyclic) bond motifs is 3. The zero-order chi connectivity index (χ0) is 23.4. The van der Waals surface area contributed by atoms with E-state index in [4.69, 9.17) is 9.84 Å². The molecule has 1 aliphatic rings. The van der Waals surface area contributed by atoms with E-state index in [-0.39, 0.29) is 42.9 Å². The van der Waals surface area contributed by atoms with E-state index in [0.29, 0.717) is 6.42 Å². The largest absolute Gasteiger partial charge is 0.477 e. The van der Waals surface area contributed by atoms with Gasteiger partial charge in [0, 0.05) is 32.0 Å². The molecule has 0 spiro atoms. The lowest BCUT2D eigenvalue weighted by Crippen LogP contribution is -2.27. The maximum atomic E-state index is 12.2. The Morgan fingerprint density at radius 1 is 1.06 bits per heavy atom. The second-order valence-corrected chi connectivity index (χ2v) is 7.75. The molecule has 1 aliphatic carbocycles. The van der Waals surface area contributed by atoms with E-state index >= 15 is 0 Å². The Labute approximate surface area is 190 Å². The molecule has 1 aromatic heterocycles. The van der Waals surface area contributed by atoms with Gasteiger partial charge in [0.05, 0.1) is 0 Å². The predicted molar refractivity (Wildman–Crippen MR) is 121 cm³/mol. The summed E-state index contributed by atoms with van der Waals surface area (Å²) in [4.78, 5) is 35.2. The summed E-state index contributed by atoms with van der Waals surface area (Å²) in [5.41, 5.74) is 4.59. The number of carboxylic acids is 1. The number of nitrogens with zero attached hydrogens (tertiary/aromatic N) is 2. The Morgan fingerprint density at radius 3 is 2.30 bits per heavy atom. The van der Waals surface area contributed by atoms with Crippen molar-refractivity contribution in [3.8, 4) is 11.1 Å². The molecule has 0 fully saturated rings. The van der Waals surface area contributed by atoms with Crippen molar-refractivity contribution in [2.75, 3.05) is 18.5 Å². The first-order chi connectivity index (χ1) is 15.9. The van der Waals surface area contributed by atoms with Gasteiger partial charge in [-0.3, -0.25) is 9.48 Å². The van der Waals surface area contributed by atoms with E-state index in [1.54, 1.807) is 0 Å². The number of anilines is 1. The van der Waals surface area contributed by atoms with Gasteiger partial charge in [-0.2, -0.15) is 5.10 Å². The van der Waals surface area contributed by atoms with E-state index in [1.165, 1.54) is 17.8 Å². The molecule has 0 unspecified atom stereocenters. The van der Waals surface area contributed by atoms with Gasteiger partial charge in [0.15, 0.2) is 5.82 Å². The van der Waals surface area contributed by atoms with Gasteiger partial charge in [-0.15, -0.1) is 0 Å². The fourth-order valence-corrected chi connectivity index (χ4v) is 4.02. The Bertz CT molecular complexity index is 1160. The van der Waals surface area contributed by atoms with Crippen LogP contribution < -0.4 is 10.6 Å². The van der Waals surface area contributed by atoms with Crippen LogP contribution in [-0.4, -0.2) is 46.0 Å². The van der Waals surface area contributed by atoms with Crippen molar-refractivity contribution >= 4 is 23.8 Å². The van der Waals surface area contributed by atoms with Gasteiger partial charge in [0.1, 0.15) is 12.3 Å². The number of alkyl carbamates (subject to hydrolysis) is 1. The van der Waals surface area contributed by atoms with Crippen LogP contribution in [0.2, 0.25) is 0 Å². The molecule has 2 amide bonds. The summed E-state index contributed by atoms with van der Waals surface area (Å²) in [7, 11) is 1.48. The summed E-state index contributed by atoms with van der Waals surface area (Å²) < 4.78 is 6.64. The van der Waals surface area contributed by atoms with Crippen molar-refractivity contribution in [3.05, 3.63) is 71.4 Å². The third kappa shape index (κ3) is 4.87. The molecule has 0 bridgehead atoms. The second-order valence-electron chi connectivity index (χ2n) is 7.75. The highest BCUT2D eigenvalue weighted by Crippen LogP contribution is 2.44. The van der Waals surface area contributed by atoms with Crippen molar-refractivity contribution in [2.45, 2.75) is 18.8 Å². The first kappa shape index (κ1) is 22.1. The second kappa shape index (κ2) is 9.56. The predicted octanol–water partition coefficient (Wildman–Crippen LogP) is 3.38. The number of carboxylic acid groups (broad SMARTS) is 1. The molecule has 1 heterocycles. The fraction of sp³-hybridized carbons (Fsp3) is 0.250. The molecule has 0 saturated carbocycles. The topological polar surface area (TPSA) is 123 Å². The van der Waals surface area contributed by atoms with Crippen LogP contribution in [0, 0.1) is 0 Å². The normalized spacial score (nSPS) is 12.0. The van der Waals surface area contributed by atoms with Crippen molar-refractivity contribution in [2.24, 2.45) is 7.05 Å². The minimum atomic E-state index is -1.13. The lowest BCUT2D eigenvalue weighted by Gasteiger charge is -2.14.